The fourth-order valence-corrected chi connectivity index (χ4v) is 1.76. The molecule has 0 aliphatic heterocycles. The van der Waals surface area contributed by atoms with Gasteiger partial charge < -0.3 is 10.3 Å². The second-order valence-electron chi connectivity index (χ2n) is 3.82. The summed E-state index contributed by atoms with van der Waals surface area (Å²) in [4.78, 5) is 3.15. The number of aromatic amines is 1. The third-order valence-electron chi connectivity index (χ3n) is 2.63. The normalized spacial score (nSPS) is 10.4. The van der Waals surface area contributed by atoms with Gasteiger partial charge in [-0.15, -0.1) is 5.10 Å². The van der Waals surface area contributed by atoms with E-state index in [1.165, 1.54) is 0 Å². The lowest BCUT2D eigenvalue weighted by atomic mass is 10.2. The number of hydrogen-bond donors (Lipinski definition) is 2. The number of hydrogen-bond acceptors (Lipinski definition) is 4. The first kappa shape index (κ1) is 10.5. The van der Waals surface area contributed by atoms with Crippen molar-refractivity contribution in [2.24, 2.45) is 0 Å². The number of para-hydroxylation sites is 2. The van der Waals surface area contributed by atoms with Gasteiger partial charge in [-0.3, -0.25) is 0 Å². The summed E-state index contributed by atoms with van der Waals surface area (Å²) in [5.41, 5.74) is 3.04. The molecular weight excluding hydrogens is 228 g/mol. The van der Waals surface area contributed by atoms with Crippen molar-refractivity contribution in [1.82, 2.24) is 25.2 Å². The molecule has 0 unspecified atom stereocenters. The van der Waals surface area contributed by atoms with Crippen LogP contribution in [0.3, 0.4) is 0 Å². The van der Waals surface area contributed by atoms with Gasteiger partial charge in [-0.05, 0) is 34.7 Å². The molecular formula is C12H12N6. The molecule has 0 saturated heterocycles. The summed E-state index contributed by atoms with van der Waals surface area (Å²) >= 11 is 0. The first-order valence-corrected chi connectivity index (χ1v) is 5.62. The highest BCUT2D eigenvalue weighted by Gasteiger charge is 2.04. The van der Waals surface area contributed by atoms with Crippen LogP contribution in [0.4, 0.5) is 5.69 Å². The second-order valence-corrected chi connectivity index (χ2v) is 3.82. The monoisotopic (exact) mass is 240 g/mol. The highest BCUT2D eigenvalue weighted by atomic mass is 15.5. The van der Waals surface area contributed by atoms with Gasteiger partial charge in [-0.2, -0.15) is 4.68 Å². The van der Waals surface area contributed by atoms with E-state index < -0.39 is 0 Å². The molecule has 2 aromatic heterocycles. The van der Waals surface area contributed by atoms with Gasteiger partial charge in [-0.25, -0.2) is 0 Å². The molecule has 2 heterocycles. The Labute approximate surface area is 104 Å². The zero-order valence-corrected chi connectivity index (χ0v) is 9.61. The summed E-state index contributed by atoms with van der Waals surface area (Å²) < 4.78 is 1.64. The molecule has 0 aliphatic rings. The summed E-state index contributed by atoms with van der Waals surface area (Å²) in [6.07, 6.45) is 3.49. The van der Waals surface area contributed by atoms with E-state index in [1.54, 1.807) is 11.0 Å². The molecule has 0 fully saturated rings. The zero-order chi connectivity index (χ0) is 12.2. The van der Waals surface area contributed by atoms with Crippen LogP contribution in [0, 0.1) is 0 Å². The van der Waals surface area contributed by atoms with Crippen LogP contribution in [0.1, 0.15) is 5.69 Å². The van der Waals surface area contributed by atoms with E-state index in [4.69, 9.17) is 0 Å². The van der Waals surface area contributed by atoms with E-state index in [0.29, 0.717) is 0 Å². The molecule has 3 rings (SSSR count). The SMILES string of the molecule is c1c[nH]c(CNc2ccccc2-n2cnnn2)c1. The average Bonchev–Trinajstić information content (AvgIpc) is 3.10. The van der Waals surface area contributed by atoms with Crippen LogP contribution in [0.25, 0.3) is 5.69 Å². The van der Waals surface area contributed by atoms with Crippen molar-refractivity contribution in [2.45, 2.75) is 6.54 Å². The lowest BCUT2D eigenvalue weighted by molar-refractivity contribution is 0.789. The molecule has 2 N–H and O–H groups in total. The van der Waals surface area contributed by atoms with Crippen LogP contribution in [0.5, 0.6) is 0 Å². The van der Waals surface area contributed by atoms with E-state index in [2.05, 4.69) is 25.8 Å². The molecule has 0 bridgehead atoms. The molecule has 6 nitrogen and oxygen atoms in total. The standard InChI is InChI=1S/C12H12N6/c1-2-6-12(18-9-15-16-17-18)11(5-1)14-8-10-4-3-7-13-10/h1-7,9,13-14H,8H2. The van der Waals surface area contributed by atoms with E-state index in [9.17, 15) is 0 Å². The van der Waals surface area contributed by atoms with E-state index in [1.807, 2.05) is 42.6 Å². The van der Waals surface area contributed by atoms with Gasteiger partial charge in [-0.1, -0.05) is 12.1 Å². The highest BCUT2D eigenvalue weighted by Crippen LogP contribution is 2.18. The van der Waals surface area contributed by atoms with Gasteiger partial charge in [0.2, 0.25) is 0 Å². The van der Waals surface area contributed by atoms with Gasteiger partial charge in [0.1, 0.15) is 6.33 Å². The maximum atomic E-state index is 3.90. The number of tetrazole rings is 1. The van der Waals surface area contributed by atoms with Crippen molar-refractivity contribution < 1.29 is 0 Å². The fraction of sp³-hybridized carbons (Fsp3) is 0.0833. The predicted molar refractivity (Wildman–Crippen MR) is 67.3 cm³/mol. The smallest absolute Gasteiger partial charge is 0.143 e. The molecule has 0 amide bonds. The van der Waals surface area contributed by atoms with Crippen LogP contribution < -0.4 is 5.32 Å². The lowest BCUT2D eigenvalue weighted by Gasteiger charge is -2.10. The van der Waals surface area contributed by atoms with Gasteiger partial charge >= 0.3 is 0 Å². The van der Waals surface area contributed by atoms with Crippen molar-refractivity contribution >= 4 is 5.69 Å². The molecule has 0 aliphatic carbocycles. The molecule has 18 heavy (non-hydrogen) atoms. The molecule has 0 spiro atoms. The van der Waals surface area contributed by atoms with Crippen molar-refractivity contribution in [3.8, 4) is 5.69 Å². The lowest BCUT2D eigenvalue weighted by Crippen LogP contribution is -2.05. The minimum atomic E-state index is 0.728. The third-order valence-corrected chi connectivity index (χ3v) is 2.63. The topological polar surface area (TPSA) is 71.4 Å². The van der Waals surface area contributed by atoms with Crippen molar-refractivity contribution in [3.05, 3.63) is 54.6 Å². The second kappa shape index (κ2) is 4.70. The number of rotatable bonds is 4. The predicted octanol–water partition coefficient (Wildman–Crippen LogP) is 1.60. The first-order chi connectivity index (χ1) is 8.93. The van der Waals surface area contributed by atoms with E-state index in [0.717, 1.165) is 23.6 Å². The summed E-state index contributed by atoms with van der Waals surface area (Å²) in [6, 6.07) is 11.9. The number of nitrogens with one attached hydrogen (secondary N) is 2. The Balaban J connectivity index is 1.84. The number of benzene rings is 1. The average molecular weight is 240 g/mol. The number of aromatic nitrogens is 5. The molecule has 0 radical (unpaired) electrons. The first-order valence-electron chi connectivity index (χ1n) is 5.62. The third kappa shape index (κ3) is 2.08. The molecule has 0 atom stereocenters. The van der Waals surface area contributed by atoms with Crippen LogP contribution >= 0.6 is 0 Å². The fourth-order valence-electron chi connectivity index (χ4n) is 1.76. The maximum Gasteiger partial charge on any atom is 0.143 e. The van der Waals surface area contributed by atoms with E-state index >= 15 is 0 Å². The van der Waals surface area contributed by atoms with Crippen LogP contribution in [0.15, 0.2) is 48.9 Å². The molecule has 6 heteroatoms. The Hall–Kier alpha value is -2.63. The Kier molecular flexibility index (Phi) is 2.75. The number of H-pyrrole nitrogens is 1. The minimum Gasteiger partial charge on any atom is -0.378 e. The van der Waals surface area contributed by atoms with Gasteiger partial charge in [0.15, 0.2) is 0 Å². The minimum absolute atomic E-state index is 0.728. The Bertz CT molecular complexity index is 599. The molecule has 90 valence electrons. The number of anilines is 1. The van der Waals surface area contributed by atoms with Gasteiger partial charge in [0.25, 0.3) is 0 Å². The summed E-state index contributed by atoms with van der Waals surface area (Å²) in [7, 11) is 0. The quantitative estimate of drug-likeness (QED) is 0.726. The Morgan fingerprint density at radius 1 is 1.17 bits per heavy atom. The Morgan fingerprint density at radius 2 is 2.11 bits per heavy atom. The summed E-state index contributed by atoms with van der Waals surface area (Å²) in [5.74, 6) is 0. The van der Waals surface area contributed by atoms with Crippen molar-refractivity contribution in [3.63, 3.8) is 0 Å². The largest absolute Gasteiger partial charge is 0.378 e. The summed E-state index contributed by atoms with van der Waals surface area (Å²) in [6.45, 7) is 0.728. The molecule has 0 saturated carbocycles. The van der Waals surface area contributed by atoms with Crippen LogP contribution in [0.2, 0.25) is 0 Å². The zero-order valence-electron chi connectivity index (χ0n) is 9.61. The summed E-state index contributed by atoms with van der Waals surface area (Å²) in [5, 5.41) is 14.6. The molecule has 1 aromatic carbocycles. The number of nitrogens with zero attached hydrogens (tertiary/aromatic N) is 4. The van der Waals surface area contributed by atoms with E-state index in [-0.39, 0.29) is 0 Å². The molecule has 3 aromatic rings. The van der Waals surface area contributed by atoms with Gasteiger partial charge in [0.05, 0.1) is 17.9 Å². The van der Waals surface area contributed by atoms with Crippen LogP contribution in [-0.2, 0) is 6.54 Å². The highest BCUT2D eigenvalue weighted by molar-refractivity contribution is 5.60. The van der Waals surface area contributed by atoms with Crippen molar-refractivity contribution in [1.29, 1.82) is 0 Å². The van der Waals surface area contributed by atoms with Crippen molar-refractivity contribution in [2.75, 3.05) is 5.32 Å². The maximum absolute atomic E-state index is 3.90. The van der Waals surface area contributed by atoms with Gasteiger partial charge in [0, 0.05) is 11.9 Å². The Morgan fingerprint density at radius 3 is 2.89 bits per heavy atom. The van der Waals surface area contributed by atoms with Crippen LogP contribution in [-0.4, -0.2) is 25.2 Å².